The molecule has 1 aliphatic heterocycles. The fraction of sp³-hybridized carbons (Fsp3) is 0.368. The molecule has 7 heteroatoms. The van der Waals surface area contributed by atoms with Crippen LogP contribution < -0.4 is 10.1 Å². The normalized spacial score (nSPS) is 19.9. The molecular weight excluding hydrogens is 337 g/mol. The maximum absolute atomic E-state index is 12.9. The van der Waals surface area contributed by atoms with E-state index >= 15 is 0 Å². The van der Waals surface area contributed by atoms with Gasteiger partial charge in [0.1, 0.15) is 11.6 Å². The Labute approximate surface area is 151 Å². The molecule has 1 aromatic carbocycles. The minimum absolute atomic E-state index is 0.0362. The topological polar surface area (TPSA) is 63.7 Å². The van der Waals surface area contributed by atoms with Crippen LogP contribution in [0.1, 0.15) is 19.4 Å². The fourth-order valence-corrected chi connectivity index (χ4v) is 2.83. The number of aromatic nitrogens is 1. The molecule has 2 aromatic rings. The molecule has 2 amide bonds. The third kappa shape index (κ3) is 4.92. The van der Waals surface area contributed by atoms with E-state index in [1.54, 1.807) is 17.2 Å². The summed E-state index contributed by atoms with van der Waals surface area (Å²) >= 11 is 0. The summed E-state index contributed by atoms with van der Waals surface area (Å²) in [7, 11) is 0. The van der Waals surface area contributed by atoms with Crippen LogP contribution in [0.25, 0.3) is 0 Å². The van der Waals surface area contributed by atoms with Crippen LogP contribution in [0, 0.1) is 5.82 Å². The number of nitrogens with one attached hydrogen (secondary N) is 1. The number of hydrogen-bond donors (Lipinski definition) is 1. The number of benzene rings is 1. The van der Waals surface area contributed by atoms with E-state index in [0.29, 0.717) is 31.3 Å². The summed E-state index contributed by atoms with van der Waals surface area (Å²) in [5.74, 6) is 0.596. The number of amides is 2. The maximum Gasteiger partial charge on any atom is 0.317 e. The van der Waals surface area contributed by atoms with Gasteiger partial charge in [-0.15, -0.1) is 0 Å². The number of hydrogen-bond acceptors (Lipinski definition) is 4. The molecule has 1 aromatic heterocycles. The van der Waals surface area contributed by atoms with E-state index in [9.17, 15) is 9.18 Å². The Kier molecular flexibility index (Phi) is 5.68. The molecule has 138 valence electrons. The number of carbonyl (C=O) groups excluding carboxylic acids is 1. The first-order chi connectivity index (χ1) is 12.5. The fourth-order valence-electron chi connectivity index (χ4n) is 2.83. The lowest BCUT2D eigenvalue weighted by molar-refractivity contribution is -0.0545. The summed E-state index contributed by atoms with van der Waals surface area (Å²) in [5.41, 5.74) is 0.860. The first-order valence-corrected chi connectivity index (χ1v) is 8.56. The van der Waals surface area contributed by atoms with Crippen molar-refractivity contribution < 1.29 is 18.7 Å². The van der Waals surface area contributed by atoms with Crippen molar-refractivity contribution in [2.75, 3.05) is 13.1 Å². The highest BCUT2D eigenvalue weighted by Gasteiger charge is 2.25. The summed E-state index contributed by atoms with van der Waals surface area (Å²) in [4.78, 5) is 18.3. The van der Waals surface area contributed by atoms with Gasteiger partial charge in [-0.1, -0.05) is 6.07 Å². The number of rotatable bonds is 4. The van der Waals surface area contributed by atoms with Gasteiger partial charge in [0.05, 0.1) is 12.2 Å². The Bertz CT molecular complexity index is 727. The zero-order valence-corrected chi connectivity index (χ0v) is 14.8. The van der Waals surface area contributed by atoms with Gasteiger partial charge in [-0.3, -0.25) is 0 Å². The van der Waals surface area contributed by atoms with E-state index in [2.05, 4.69) is 10.3 Å². The van der Waals surface area contributed by atoms with Crippen molar-refractivity contribution in [3.63, 3.8) is 0 Å². The molecule has 1 aliphatic rings. The second kappa shape index (κ2) is 8.14. The molecule has 2 atom stereocenters. The van der Waals surface area contributed by atoms with Gasteiger partial charge in [-0.05, 0) is 43.7 Å². The first-order valence-electron chi connectivity index (χ1n) is 8.56. The van der Waals surface area contributed by atoms with Crippen LogP contribution in [0.4, 0.5) is 9.18 Å². The lowest BCUT2D eigenvalue weighted by Crippen LogP contribution is -2.51. The van der Waals surface area contributed by atoms with Crippen molar-refractivity contribution in [3.8, 4) is 11.6 Å². The maximum atomic E-state index is 12.9. The van der Waals surface area contributed by atoms with Crippen molar-refractivity contribution in [2.24, 2.45) is 0 Å². The standard InChI is InChI=1S/C19H22FN3O3/c1-13-11-23(12-14(2)25-13)19(24)22-10-15-3-8-18(21-9-15)26-17-6-4-16(20)5-7-17/h3-9,13-14H,10-12H2,1-2H3,(H,22,24). The molecule has 2 heterocycles. The molecule has 1 fully saturated rings. The van der Waals surface area contributed by atoms with Crippen LogP contribution in [0.3, 0.4) is 0 Å². The number of pyridine rings is 1. The Morgan fingerprint density at radius 2 is 1.92 bits per heavy atom. The minimum Gasteiger partial charge on any atom is -0.439 e. The van der Waals surface area contributed by atoms with Gasteiger partial charge in [-0.2, -0.15) is 0 Å². The Hall–Kier alpha value is -2.67. The van der Waals surface area contributed by atoms with Gasteiger partial charge in [-0.25, -0.2) is 14.2 Å². The number of morpholine rings is 1. The molecule has 1 saturated heterocycles. The van der Waals surface area contributed by atoms with Crippen LogP contribution in [0.2, 0.25) is 0 Å². The molecule has 0 radical (unpaired) electrons. The molecule has 26 heavy (non-hydrogen) atoms. The van der Waals surface area contributed by atoms with Crippen LogP contribution in [-0.2, 0) is 11.3 Å². The van der Waals surface area contributed by atoms with E-state index in [0.717, 1.165) is 5.56 Å². The minimum atomic E-state index is -0.319. The van der Waals surface area contributed by atoms with Gasteiger partial charge in [0.15, 0.2) is 0 Å². The average Bonchev–Trinajstić information content (AvgIpc) is 2.62. The number of halogens is 1. The summed E-state index contributed by atoms with van der Waals surface area (Å²) in [6, 6.07) is 9.16. The molecule has 6 nitrogen and oxygen atoms in total. The second-order valence-electron chi connectivity index (χ2n) is 6.38. The van der Waals surface area contributed by atoms with Crippen molar-refractivity contribution in [3.05, 3.63) is 54.0 Å². The van der Waals surface area contributed by atoms with Gasteiger partial charge >= 0.3 is 6.03 Å². The lowest BCUT2D eigenvalue weighted by Gasteiger charge is -2.35. The summed E-state index contributed by atoms with van der Waals surface area (Å²) in [6.07, 6.45) is 1.71. The highest BCUT2D eigenvalue weighted by Crippen LogP contribution is 2.19. The highest BCUT2D eigenvalue weighted by atomic mass is 19.1. The zero-order chi connectivity index (χ0) is 18.5. The van der Waals surface area contributed by atoms with Crippen LogP contribution in [-0.4, -0.2) is 41.2 Å². The average molecular weight is 359 g/mol. The number of urea groups is 1. The quantitative estimate of drug-likeness (QED) is 0.909. The monoisotopic (exact) mass is 359 g/mol. The largest absolute Gasteiger partial charge is 0.439 e. The molecule has 0 spiro atoms. The van der Waals surface area contributed by atoms with Crippen LogP contribution in [0.15, 0.2) is 42.6 Å². The number of carbonyl (C=O) groups is 1. The van der Waals surface area contributed by atoms with Gasteiger partial charge < -0.3 is 19.7 Å². The van der Waals surface area contributed by atoms with Gasteiger partial charge in [0.2, 0.25) is 5.88 Å². The molecule has 0 saturated carbocycles. The Morgan fingerprint density at radius 1 is 1.23 bits per heavy atom. The predicted octanol–water partition coefficient (Wildman–Crippen LogP) is 3.33. The zero-order valence-electron chi connectivity index (χ0n) is 14.8. The third-order valence-corrected chi connectivity index (χ3v) is 3.98. The van der Waals surface area contributed by atoms with Crippen molar-refractivity contribution >= 4 is 6.03 Å². The van der Waals surface area contributed by atoms with Crippen molar-refractivity contribution in [2.45, 2.75) is 32.6 Å². The Morgan fingerprint density at radius 3 is 2.54 bits per heavy atom. The number of ether oxygens (including phenoxy) is 2. The Balaban J connectivity index is 1.51. The summed E-state index contributed by atoms with van der Waals surface area (Å²) in [6.45, 7) is 5.46. The molecule has 3 rings (SSSR count). The third-order valence-electron chi connectivity index (χ3n) is 3.98. The van der Waals surface area contributed by atoms with E-state index in [1.165, 1.54) is 24.3 Å². The first kappa shape index (κ1) is 18.1. The van der Waals surface area contributed by atoms with Gasteiger partial charge in [0, 0.05) is 31.9 Å². The molecular formula is C19H22FN3O3. The van der Waals surface area contributed by atoms with Crippen molar-refractivity contribution in [1.29, 1.82) is 0 Å². The van der Waals surface area contributed by atoms with E-state index < -0.39 is 0 Å². The number of nitrogens with zero attached hydrogens (tertiary/aromatic N) is 2. The molecule has 1 N–H and O–H groups in total. The molecule has 0 aliphatic carbocycles. The summed E-state index contributed by atoms with van der Waals surface area (Å²) in [5, 5.41) is 2.89. The van der Waals surface area contributed by atoms with E-state index in [-0.39, 0.29) is 24.1 Å². The predicted molar refractivity (Wildman–Crippen MR) is 94.5 cm³/mol. The van der Waals surface area contributed by atoms with Crippen LogP contribution in [0.5, 0.6) is 11.6 Å². The smallest absolute Gasteiger partial charge is 0.317 e. The summed E-state index contributed by atoms with van der Waals surface area (Å²) < 4.78 is 24.1. The molecule has 2 unspecified atom stereocenters. The second-order valence-corrected chi connectivity index (χ2v) is 6.38. The van der Waals surface area contributed by atoms with Crippen LogP contribution >= 0.6 is 0 Å². The molecule has 0 bridgehead atoms. The van der Waals surface area contributed by atoms with Crippen molar-refractivity contribution in [1.82, 2.24) is 15.2 Å². The van der Waals surface area contributed by atoms with Gasteiger partial charge in [0.25, 0.3) is 0 Å². The van der Waals surface area contributed by atoms with E-state index in [4.69, 9.17) is 9.47 Å². The SMILES string of the molecule is CC1CN(C(=O)NCc2ccc(Oc3ccc(F)cc3)nc2)CC(C)O1. The highest BCUT2D eigenvalue weighted by molar-refractivity contribution is 5.74. The van der Waals surface area contributed by atoms with E-state index in [1.807, 2.05) is 19.9 Å². The lowest BCUT2D eigenvalue weighted by atomic mass is 10.2.